The maximum atomic E-state index is 12.3. The Kier molecular flexibility index (Phi) is 5.24. The third-order valence-corrected chi connectivity index (χ3v) is 3.38. The van der Waals surface area contributed by atoms with E-state index in [1.54, 1.807) is 7.11 Å². The molecule has 1 aliphatic rings. The second kappa shape index (κ2) is 7.14. The molecule has 1 heterocycles. The third kappa shape index (κ3) is 3.63. The molecule has 2 rings (SSSR count). The molecular weight excluding hydrogens is 254 g/mol. The van der Waals surface area contributed by atoms with Gasteiger partial charge in [0.05, 0.1) is 24.0 Å². The maximum absolute atomic E-state index is 12.3. The summed E-state index contributed by atoms with van der Waals surface area (Å²) in [4.78, 5) is 12.3. The summed E-state index contributed by atoms with van der Waals surface area (Å²) in [5, 5.41) is 9.62. The summed E-state index contributed by atoms with van der Waals surface area (Å²) in [5.74, 6) is -0.0457. The Morgan fingerprint density at radius 3 is 2.80 bits per heavy atom. The van der Waals surface area contributed by atoms with Gasteiger partial charge in [0.15, 0.2) is 0 Å². The Balaban J connectivity index is 2.04. The molecule has 5 heteroatoms. The second-order valence-corrected chi connectivity index (χ2v) is 5.03. The van der Waals surface area contributed by atoms with Gasteiger partial charge in [0, 0.05) is 25.8 Å². The normalized spacial score (nSPS) is 14.7. The van der Waals surface area contributed by atoms with E-state index < -0.39 is 0 Å². The van der Waals surface area contributed by atoms with Crippen molar-refractivity contribution in [2.75, 3.05) is 37.4 Å². The van der Waals surface area contributed by atoms with Crippen LogP contribution in [0.4, 0.5) is 11.4 Å². The molecule has 1 atom stereocenters. The number of nitrogens with one attached hydrogen (secondary N) is 3. The first kappa shape index (κ1) is 14.7. The molecule has 0 aliphatic carbocycles. The molecule has 1 aromatic rings. The fourth-order valence-corrected chi connectivity index (χ4v) is 2.40. The van der Waals surface area contributed by atoms with Crippen molar-refractivity contribution in [3.8, 4) is 0 Å². The van der Waals surface area contributed by atoms with Gasteiger partial charge in [-0.2, -0.15) is 0 Å². The summed E-state index contributed by atoms with van der Waals surface area (Å²) in [6.07, 6.45) is 1.94. The van der Waals surface area contributed by atoms with Gasteiger partial charge in [-0.15, -0.1) is 0 Å². The van der Waals surface area contributed by atoms with Crippen LogP contribution in [0.25, 0.3) is 0 Å². The lowest BCUT2D eigenvalue weighted by Crippen LogP contribution is -2.38. The molecule has 0 saturated heterocycles. The van der Waals surface area contributed by atoms with Crippen molar-refractivity contribution in [2.45, 2.75) is 25.8 Å². The third-order valence-electron chi connectivity index (χ3n) is 3.38. The van der Waals surface area contributed by atoms with Crippen LogP contribution in [-0.2, 0) is 4.74 Å². The first-order chi connectivity index (χ1) is 9.74. The Morgan fingerprint density at radius 2 is 2.10 bits per heavy atom. The number of fused-ring (bicyclic) bond motifs is 1. The van der Waals surface area contributed by atoms with Crippen molar-refractivity contribution in [3.05, 3.63) is 23.8 Å². The van der Waals surface area contributed by atoms with E-state index in [4.69, 9.17) is 4.74 Å². The summed E-state index contributed by atoms with van der Waals surface area (Å²) in [5.41, 5.74) is 2.72. The molecule has 0 saturated carbocycles. The summed E-state index contributed by atoms with van der Waals surface area (Å²) < 4.78 is 5.15. The highest BCUT2D eigenvalue weighted by Gasteiger charge is 2.15. The molecule has 110 valence electrons. The van der Waals surface area contributed by atoms with Crippen LogP contribution in [0.3, 0.4) is 0 Å². The van der Waals surface area contributed by atoms with Crippen LogP contribution < -0.4 is 16.0 Å². The van der Waals surface area contributed by atoms with Crippen molar-refractivity contribution < 1.29 is 9.53 Å². The Morgan fingerprint density at radius 1 is 1.35 bits per heavy atom. The molecule has 0 fully saturated rings. The van der Waals surface area contributed by atoms with E-state index in [0.29, 0.717) is 12.2 Å². The lowest BCUT2D eigenvalue weighted by atomic mass is 10.1. The van der Waals surface area contributed by atoms with Gasteiger partial charge in [-0.1, -0.05) is 13.3 Å². The number of carbonyl (C=O) groups is 1. The number of hydrogen-bond donors (Lipinski definition) is 3. The molecule has 5 nitrogen and oxygen atoms in total. The largest absolute Gasteiger partial charge is 0.383 e. The SMILES string of the molecule is CCCC(COC)NC(=O)c1ccc2c(c1)NCCN2. The van der Waals surface area contributed by atoms with Crippen molar-refractivity contribution >= 4 is 17.3 Å². The number of benzene rings is 1. The number of rotatable bonds is 6. The van der Waals surface area contributed by atoms with E-state index in [2.05, 4.69) is 22.9 Å². The number of hydrogen-bond acceptors (Lipinski definition) is 4. The second-order valence-electron chi connectivity index (χ2n) is 5.03. The quantitative estimate of drug-likeness (QED) is 0.745. The van der Waals surface area contributed by atoms with Crippen molar-refractivity contribution in [1.82, 2.24) is 5.32 Å². The van der Waals surface area contributed by atoms with Crippen LogP contribution in [0.2, 0.25) is 0 Å². The summed E-state index contributed by atoms with van der Waals surface area (Å²) >= 11 is 0. The zero-order chi connectivity index (χ0) is 14.4. The lowest BCUT2D eigenvalue weighted by molar-refractivity contribution is 0.0891. The molecular formula is C15H23N3O2. The zero-order valence-corrected chi connectivity index (χ0v) is 12.2. The first-order valence-corrected chi connectivity index (χ1v) is 7.16. The molecule has 20 heavy (non-hydrogen) atoms. The number of carbonyl (C=O) groups excluding carboxylic acids is 1. The minimum atomic E-state index is -0.0457. The van der Waals surface area contributed by atoms with Gasteiger partial charge in [0.2, 0.25) is 0 Å². The summed E-state index contributed by atoms with van der Waals surface area (Å²) in [7, 11) is 1.66. The minimum Gasteiger partial charge on any atom is -0.383 e. The van der Waals surface area contributed by atoms with Gasteiger partial charge >= 0.3 is 0 Å². The van der Waals surface area contributed by atoms with E-state index >= 15 is 0 Å². The van der Waals surface area contributed by atoms with Crippen LogP contribution in [0.5, 0.6) is 0 Å². The van der Waals surface area contributed by atoms with Gasteiger partial charge in [-0.3, -0.25) is 4.79 Å². The Labute approximate surface area is 120 Å². The fourth-order valence-electron chi connectivity index (χ4n) is 2.40. The summed E-state index contributed by atoms with van der Waals surface area (Å²) in [6, 6.07) is 5.76. The molecule has 1 amide bonds. The molecule has 0 radical (unpaired) electrons. The predicted molar refractivity (Wildman–Crippen MR) is 81.5 cm³/mol. The van der Waals surface area contributed by atoms with Gasteiger partial charge < -0.3 is 20.7 Å². The average molecular weight is 277 g/mol. The molecule has 3 N–H and O–H groups in total. The topological polar surface area (TPSA) is 62.4 Å². The van der Waals surface area contributed by atoms with Gasteiger partial charge in [-0.25, -0.2) is 0 Å². The molecule has 1 unspecified atom stereocenters. The van der Waals surface area contributed by atoms with Crippen LogP contribution >= 0.6 is 0 Å². The Hall–Kier alpha value is -1.75. The van der Waals surface area contributed by atoms with Crippen molar-refractivity contribution in [1.29, 1.82) is 0 Å². The van der Waals surface area contributed by atoms with Crippen LogP contribution in [0, 0.1) is 0 Å². The van der Waals surface area contributed by atoms with Crippen molar-refractivity contribution in [3.63, 3.8) is 0 Å². The van der Waals surface area contributed by atoms with Crippen LogP contribution in [0.15, 0.2) is 18.2 Å². The molecule has 0 spiro atoms. The lowest BCUT2D eigenvalue weighted by Gasteiger charge is -2.21. The Bertz CT molecular complexity index is 456. The van der Waals surface area contributed by atoms with E-state index in [1.165, 1.54) is 0 Å². The fraction of sp³-hybridized carbons (Fsp3) is 0.533. The van der Waals surface area contributed by atoms with Gasteiger partial charge in [0.25, 0.3) is 5.91 Å². The number of ether oxygens (including phenoxy) is 1. The smallest absolute Gasteiger partial charge is 0.251 e. The standard InChI is InChI=1S/C15H23N3O2/c1-3-4-12(10-20-2)18-15(19)11-5-6-13-14(9-11)17-8-7-16-13/h5-6,9,12,16-17H,3-4,7-8,10H2,1-2H3,(H,18,19). The number of methoxy groups -OCH3 is 1. The zero-order valence-electron chi connectivity index (χ0n) is 12.2. The minimum absolute atomic E-state index is 0.0457. The molecule has 1 aromatic carbocycles. The first-order valence-electron chi connectivity index (χ1n) is 7.16. The molecule has 0 bridgehead atoms. The maximum Gasteiger partial charge on any atom is 0.251 e. The number of amides is 1. The highest BCUT2D eigenvalue weighted by Crippen LogP contribution is 2.25. The monoisotopic (exact) mass is 277 g/mol. The highest BCUT2D eigenvalue weighted by atomic mass is 16.5. The average Bonchev–Trinajstić information content (AvgIpc) is 2.47. The van der Waals surface area contributed by atoms with Crippen LogP contribution in [0.1, 0.15) is 30.1 Å². The number of anilines is 2. The molecule has 0 aromatic heterocycles. The molecule has 1 aliphatic heterocycles. The predicted octanol–water partition coefficient (Wildman–Crippen LogP) is 2.07. The van der Waals surface area contributed by atoms with E-state index in [-0.39, 0.29) is 11.9 Å². The van der Waals surface area contributed by atoms with E-state index in [0.717, 1.165) is 37.3 Å². The van der Waals surface area contributed by atoms with Crippen LogP contribution in [-0.4, -0.2) is 38.8 Å². The van der Waals surface area contributed by atoms with E-state index in [9.17, 15) is 4.79 Å². The van der Waals surface area contributed by atoms with Gasteiger partial charge in [0.1, 0.15) is 0 Å². The van der Waals surface area contributed by atoms with Crippen molar-refractivity contribution in [2.24, 2.45) is 0 Å². The van der Waals surface area contributed by atoms with Gasteiger partial charge in [-0.05, 0) is 24.6 Å². The summed E-state index contributed by atoms with van der Waals surface area (Å²) in [6.45, 7) is 4.43. The highest BCUT2D eigenvalue weighted by molar-refractivity contribution is 5.96. The van der Waals surface area contributed by atoms with E-state index in [1.807, 2.05) is 18.2 Å².